The van der Waals surface area contributed by atoms with Crippen molar-refractivity contribution in [1.82, 2.24) is 4.57 Å². The summed E-state index contributed by atoms with van der Waals surface area (Å²) in [5.74, 6) is 1.26. The summed E-state index contributed by atoms with van der Waals surface area (Å²) < 4.78 is 25.4. The fourth-order valence-electron chi connectivity index (χ4n) is 5.67. The number of carbonyl (C=O) groups excluding carboxylic acids is 1. The van der Waals surface area contributed by atoms with Gasteiger partial charge in [-0.15, -0.1) is 6.58 Å². The Morgan fingerprint density at radius 1 is 1.04 bits per heavy atom. The number of hydrogen-bond acceptors (Lipinski definition) is 8. The molecular weight excluding hydrogens is 648 g/mol. The highest BCUT2D eigenvalue weighted by atomic mass is 35.5. The van der Waals surface area contributed by atoms with Crippen molar-refractivity contribution in [2.45, 2.75) is 52.7 Å². The number of nitrogens with zero attached hydrogens (tertiary/aromatic N) is 2. The molecule has 10 heteroatoms. The Balaban J connectivity index is 1.67. The normalized spacial score (nSPS) is 14.3. The number of esters is 1. The van der Waals surface area contributed by atoms with E-state index in [1.165, 1.54) is 11.3 Å². The zero-order chi connectivity index (χ0) is 34.2. The number of rotatable bonds is 14. The van der Waals surface area contributed by atoms with Crippen LogP contribution in [0.4, 0.5) is 0 Å². The lowest BCUT2D eigenvalue weighted by Gasteiger charge is -2.26. The van der Waals surface area contributed by atoms with Gasteiger partial charge in [-0.25, -0.2) is 9.79 Å². The van der Waals surface area contributed by atoms with E-state index in [1.807, 2.05) is 80.6 Å². The molecule has 1 aromatic heterocycles. The Kier molecular flexibility index (Phi) is 11.6. The van der Waals surface area contributed by atoms with Gasteiger partial charge in [0.05, 0.1) is 42.2 Å². The number of carbonyl (C=O) groups is 1. The highest BCUT2D eigenvalue weighted by molar-refractivity contribution is 7.07. The number of aromatic nitrogens is 1. The molecule has 48 heavy (non-hydrogen) atoms. The van der Waals surface area contributed by atoms with Crippen molar-refractivity contribution in [1.29, 1.82) is 0 Å². The molecule has 1 aliphatic rings. The van der Waals surface area contributed by atoms with Crippen molar-refractivity contribution >= 4 is 35.0 Å². The molecule has 0 amide bonds. The van der Waals surface area contributed by atoms with E-state index >= 15 is 0 Å². The molecular formula is C38H39ClN2O6S. The molecule has 0 spiro atoms. The van der Waals surface area contributed by atoms with Crippen molar-refractivity contribution in [3.63, 3.8) is 0 Å². The third kappa shape index (κ3) is 7.42. The summed E-state index contributed by atoms with van der Waals surface area (Å²) in [4.78, 5) is 33.2. The lowest BCUT2D eigenvalue weighted by molar-refractivity contribution is -0.139. The predicted molar refractivity (Wildman–Crippen MR) is 190 cm³/mol. The van der Waals surface area contributed by atoms with E-state index < -0.39 is 12.0 Å². The number of thiazole rings is 1. The SMILES string of the molecule is C=CCc1cc(/C=c2/sc3n(c2=O)[C@@H](c2cccc(OC)c2)C(C(=O)OCC)=C(CCC)N=3)cc(OCC)c1OCc1ccccc1Cl. The van der Waals surface area contributed by atoms with Gasteiger partial charge >= 0.3 is 5.97 Å². The number of halogens is 1. The summed E-state index contributed by atoms with van der Waals surface area (Å²) in [7, 11) is 1.58. The molecule has 0 saturated heterocycles. The van der Waals surface area contributed by atoms with Gasteiger partial charge in [0.1, 0.15) is 12.4 Å². The fourth-order valence-corrected chi connectivity index (χ4v) is 6.88. The second-order valence-electron chi connectivity index (χ2n) is 11.0. The smallest absolute Gasteiger partial charge is 0.338 e. The lowest BCUT2D eigenvalue weighted by Crippen LogP contribution is -2.40. The Bertz CT molecular complexity index is 2030. The van der Waals surface area contributed by atoms with Gasteiger partial charge in [0, 0.05) is 16.1 Å². The van der Waals surface area contributed by atoms with Crippen LogP contribution in [0, 0.1) is 0 Å². The van der Waals surface area contributed by atoms with E-state index in [4.69, 9.17) is 35.5 Å². The number of fused-ring (bicyclic) bond motifs is 1. The molecule has 0 fully saturated rings. The Morgan fingerprint density at radius 2 is 1.85 bits per heavy atom. The van der Waals surface area contributed by atoms with Gasteiger partial charge < -0.3 is 18.9 Å². The van der Waals surface area contributed by atoms with Gasteiger partial charge in [-0.1, -0.05) is 72.7 Å². The monoisotopic (exact) mass is 686 g/mol. The minimum atomic E-state index is -0.741. The highest BCUT2D eigenvalue weighted by Gasteiger charge is 2.34. The number of ether oxygens (including phenoxy) is 4. The van der Waals surface area contributed by atoms with Crippen molar-refractivity contribution in [3.8, 4) is 17.2 Å². The molecule has 4 aromatic rings. The molecule has 1 atom stereocenters. The molecule has 1 aliphatic heterocycles. The Hall–Kier alpha value is -4.60. The van der Waals surface area contributed by atoms with E-state index in [2.05, 4.69) is 6.58 Å². The van der Waals surface area contributed by atoms with Crippen LogP contribution in [0.25, 0.3) is 6.08 Å². The third-order valence-corrected chi connectivity index (χ3v) is 9.10. The second-order valence-corrected chi connectivity index (χ2v) is 12.4. The first-order valence-electron chi connectivity index (χ1n) is 16.0. The van der Waals surface area contributed by atoms with Gasteiger partial charge in [-0.2, -0.15) is 0 Å². The van der Waals surface area contributed by atoms with Crippen LogP contribution in [0.5, 0.6) is 17.2 Å². The van der Waals surface area contributed by atoms with Crippen LogP contribution in [0.15, 0.2) is 94.4 Å². The quantitative estimate of drug-likeness (QED) is 0.105. The summed E-state index contributed by atoms with van der Waals surface area (Å²) in [5, 5.41) is 0.619. The molecule has 250 valence electrons. The average molecular weight is 687 g/mol. The molecule has 2 heterocycles. The molecule has 0 N–H and O–H groups in total. The van der Waals surface area contributed by atoms with Crippen LogP contribution in [0.1, 0.15) is 61.9 Å². The Labute approximate surface area is 289 Å². The maximum Gasteiger partial charge on any atom is 0.338 e. The fraction of sp³-hybridized carbons (Fsp3) is 0.289. The maximum absolute atomic E-state index is 14.3. The number of allylic oxidation sites excluding steroid dienone is 2. The third-order valence-electron chi connectivity index (χ3n) is 7.75. The van der Waals surface area contributed by atoms with Crippen LogP contribution < -0.4 is 29.1 Å². The summed E-state index contributed by atoms with van der Waals surface area (Å²) in [5.41, 5.74) is 3.88. The number of methoxy groups -OCH3 is 1. The molecule has 8 nitrogen and oxygen atoms in total. The predicted octanol–water partition coefficient (Wildman–Crippen LogP) is 6.95. The average Bonchev–Trinajstić information content (AvgIpc) is 3.38. The van der Waals surface area contributed by atoms with Crippen LogP contribution in [0.2, 0.25) is 5.02 Å². The molecule has 0 saturated carbocycles. The standard InChI is InChI=1S/C38H39ClN2O6S/c1-6-13-26-19-24(20-31(45-8-3)35(26)47-23-27-15-10-11-18-29(27)39)21-32-36(42)41-34(25-16-12-17-28(22-25)44-5)33(37(43)46-9-4)30(14-7-2)40-38(41)48-32/h6,10-12,15-22,34H,1,7-9,13-14,23H2,2-5H3/b32-21+/t34-/m0/s1. The molecule has 0 unspecified atom stereocenters. The molecule has 0 radical (unpaired) electrons. The van der Waals surface area contributed by atoms with Crippen LogP contribution in [0.3, 0.4) is 0 Å². The maximum atomic E-state index is 14.3. The minimum Gasteiger partial charge on any atom is -0.497 e. The number of benzene rings is 3. The Morgan fingerprint density at radius 3 is 2.56 bits per heavy atom. The van der Waals surface area contributed by atoms with E-state index in [-0.39, 0.29) is 18.8 Å². The zero-order valence-electron chi connectivity index (χ0n) is 27.6. The van der Waals surface area contributed by atoms with Gasteiger partial charge in [0.15, 0.2) is 16.3 Å². The summed E-state index contributed by atoms with van der Waals surface area (Å²) in [6, 6.07) is 18.0. The van der Waals surface area contributed by atoms with Gasteiger partial charge in [0.2, 0.25) is 0 Å². The van der Waals surface area contributed by atoms with Gasteiger partial charge in [-0.05, 0) is 74.2 Å². The van der Waals surface area contributed by atoms with Gasteiger partial charge in [-0.3, -0.25) is 9.36 Å². The first-order chi connectivity index (χ1) is 23.3. The first-order valence-corrected chi connectivity index (χ1v) is 17.1. The molecule has 0 bridgehead atoms. The van der Waals surface area contributed by atoms with E-state index in [9.17, 15) is 9.59 Å². The minimum absolute atomic E-state index is 0.199. The van der Waals surface area contributed by atoms with Crippen molar-refractivity contribution < 1.29 is 23.7 Å². The van der Waals surface area contributed by atoms with Crippen LogP contribution in [-0.2, 0) is 22.6 Å². The van der Waals surface area contributed by atoms with Crippen molar-refractivity contribution in [3.05, 3.63) is 132 Å². The van der Waals surface area contributed by atoms with E-state index in [1.54, 1.807) is 24.7 Å². The lowest BCUT2D eigenvalue weighted by atomic mass is 9.94. The largest absolute Gasteiger partial charge is 0.497 e. The zero-order valence-corrected chi connectivity index (χ0v) is 29.2. The topological polar surface area (TPSA) is 88.4 Å². The number of hydrogen-bond donors (Lipinski definition) is 0. The molecule has 0 aliphatic carbocycles. The van der Waals surface area contributed by atoms with Crippen molar-refractivity contribution in [2.24, 2.45) is 4.99 Å². The van der Waals surface area contributed by atoms with E-state index in [0.29, 0.717) is 62.3 Å². The summed E-state index contributed by atoms with van der Waals surface area (Å²) >= 11 is 7.67. The highest BCUT2D eigenvalue weighted by Crippen LogP contribution is 2.36. The first kappa shape index (κ1) is 34.7. The van der Waals surface area contributed by atoms with Crippen LogP contribution in [-0.4, -0.2) is 30.9 Å². The van der Waals surface area contributed by atoms with E-state index in [0.717, 1.165) is 28.7 Å². The van der Waals surface area contributed by atoms with Gasteiger partial charge in [0.25, 0.3) is 5.56 Å². The molecule has 3 aromatic carbocycles. The summed E-state index contributed by atoms with van der Waals surface area (Å²) in [6.07, 6.45) is 5.45. The van der Waals surface area contributed by atoms with Crippen LogP contribution >= 0.6 is 22.9 Å². The molecule has 5 rings (SSSR count). The summed E-state index contributed by atoms with van der Waals surface area (Å²) in [6.45, 7) is 10.5. The second kappa shape index (κ2) is 16.0. The van der Waals surface area contributed by atoms with Crippen molar-refractivity contribution in [2.75, 3.05) is 20.3 Å².